The lowest BCUT2D eigenvalue weighted by molar-refractivity contribution is 0.414. The number of hydrogen-bond donors (Lipinski definition) is 1. The van der Waals surface area contributed by atoms with E-state index < -0.39 is 0 Å². The molecule has 0 bridgehead atoms. The number of benzene rings is 1. The van der Waals surface area contributed by atoms with E-state index in [4.69, 9.17) is 4.74 Å². The molecule has 106 valence electrons. The predicted octanol–water partition coefficient (Wildman–Crippen LogP) is 2.44. The highest BCUT2D eigenvalue weighted by Gasteiger charge is 2.06. The van der Waals surface area contributed by atoms with Gasteiger partial charge >= 0.3 is 0 Å². The Balaban J connectivity index is 2.10. The Morgan fingerprint density at radius 3 is 2.60 bits per heavy atom. The van der Waals surface area contributed by atoms with Crippen molar-refractivity contribution in [3.8, 4) is 5.75 Å². The Hall–Kier alpha value is -2.30. The first-order valence-corrected chi connectivity index (χ1v) is 6.55. The molecule has 0 fully saturated rings. The number of ether oxygens (including phenoxy) is 1. The van der Waals surface area contributed by atoms with E-state index in [0.29, 0.717) is 12.4 Å². The van der Waals surface area contributed by atoms with E-state index in [1.54, 1.807) is 24.1 Å². The van der Waals surface area contributed by atoms with Crippen molar-refractivity contribution in [3.05, 3.63) is 52.6 Å². The first kappa shape index (κ1) is 14.1. The molecule has 0 saturated heterocycles. The predicted molar refractivity (Wildman–Crippen MR) is 79.2 cm³/mol. The zero-order valence-corrected chi connectivity index (χ0v) is 12.0. The smallest absolute Gasteiger partial charge is 0.293 e. The summed E-state index contributed by atoms with van der Waals surface area (Å²) in [5, 5.41) is 3.08. The van der Waals surface area contributed by atoms with Gasteiger partial charge in [0.15, 0.2) is 5.82 Å². The van der Waals surface area contributed by atoms with E-state index in [1.807, 2.05) is 38.1 Å². The fourth-order valence-corrected chi connectivity index (χ4v) is 1.88. The monoisotopic (exact) mass is 273 g/mol. The standard InChI is InChI=1S/C15H19N3O2/c1-11(2)18-9-8-16-14(15(18)19)17-10-12-4-6-13(20-3)7-5-12/h4-9,11H,10H2,1-3H3,(H,16,17). The molecular weight excluding hydrogens is 254 g/mol. The van der Waals surface area contributed by atoms with Crippen LogP contribution in [0.3, 0.4) is 0 Å². The third kappa shape index (κ3) is 3.17. The summed E-state index contributed by atoms with van der Waals surface area (Å²) in [6.45, 7) is 4.48. The lowest BCUT2D eigenvalue weighted by Crippen LogP contribution is -2.25. The molecule has 0 amide bonds. The summed E-state index contributed by atoms with van der Waals surface area (Å²) in [6, 6.07) is 7.81. The zero-order chi connectivity index (χ0) is 14.5. The molecule has 1 N–H and O–H groups in total. The van der Waals surface area contributed by atoms with Crippen molar-refractivity contribution >= 4 is 5.82 Å². The molecule has 0 spiro atoms. The average Bonchev–Trinajstić information content (AvgIpc) is 2.46. The van der Waals surface area contributed by atoms with E-state index in [-0.39, 0.29) is 11.6 Å². The summed E-state index contributed by atoms with van der Waals surface area (Å²) in [6.07, 6.45) is 3.34. The van der Waals surface area contributed by atoms with Gasteiger partial charge in [-0.15, -0.1) is 0 Å². The first-order valence-electron chi connectivity index (χ1n) is 6.55. The molecule has 5 heteroatoms. The van der Waals surface area contributed by atoms with Gasteiger partial charge in [0.25, 0.3) is 5.56 Å². The molecule has 2 rings (SSSR count). The highest BCUT2D eigenvalue weighted by atomic mass is 16.5. The van der Waals surface area contributed by atoms with Crippen molar-refractivity contribution in [1.29, 1.82) is 0 Å². The van der Waals surface area contributed by atoms with E-state index in [1.165, 1.54) is 0 Å². The molecule has 0 aliphatic carbocycles. The Bertz CT molecular complexity index is 618. The van der Waals surface area contributed by atoms with Crippen LogP contribution in [0.1, 0.15) is 25.5 Å². The van der Waals surface area contributed by atoms with Crippen molar-refractivity contribution in [3.63, 3.8) is 0 Å². The summed E-state index contributed by atoms with van der Waals surface area (Å²) in [4.78, 5) is 16.3. The summed E-state index contributed by atoms with van der Waals surface area (Å²) < 4.78 is 6.76. The molecule has 1 heterocycles. The number of methoxy groups -OCH3 is 1. The van der Waals surface area contributed by atoms with Gasteiger partial charge in [-0.1, -0.05) is 12.1 Å². The van der Waals surface area contributed by atoms with Crippen LogP contribution in [0, 0.1) is 0 Å². The van der Waals surface area contributed by atoms with Crippen LogP contribution in [-0.4, -0.2) is 16.7 Å². The van der Waals surface area contributed by atoms with Crippen LogP contribution in [0.25, 0.3) is 0 Å². The highest BCUT2D eigenvalue weighted by Crippen LogP contribution is 2.12. The molecule has 5 nitrogen and oxygen atoms in total. The van der Waals surface area contributed by atoms with Gasteiger partial charge in [-0.25, -0.2) is 4.98 Å². The van der Waals surface area contributed by atoms with Crippen molar-refractivity contribution < 1.29 is 4.74 Å². The van der Waals surface area contributed by atoms with Gasteiger partial charge in [0.05, 0.1) is 7.11 Å². The summed E-state index contributed by atoms with van der Waals surface area (Å²) in [5.41, 5.74) is 0.961. The number of nitrogens with zero attached hydrogens (tertiary/aromatic N) is 2. The van der Waals surface area contributed by atoms with E-state index in [0.717, 1.165) is 11.3 Å². The second-order valence-electron chi connectivity index (χ2n) is 4.78. The quantitative estimate of drug-likeness (QED) is 0.909. The Morgan fingerprint density at radius 2 is 2.00 bits per heavy atom. The van der Waals surface area contributed by atoms with Crippen molar-refractivity contribution in [2.24, 2.45) is 0 Å². The third-order valence-corrected chi connectivity index (χ3v) is 3.04. The normalized spacial score (nSPS) is 10.6. The molecule has 20 heavy (non-hydrogen) atoms. The van der Waals surface area contributed by atoms with Gasteiger partial charge < -0.3 is 14.6 Å². The summed E-state index contributed by atoms with van der Waals surface area (Å²) in [7, 11) is 1.63. The first-order chi connectivity index (χ1) is 9.61. The zero-order valence-electron chi connectivity index (χ0n) is 12.0. The molecule has 0 unspecified atom stereocenters. The fourth-order valence-electron chi connectivity index (χ4n) is 1.88. The van der Waals surface area contributed by atoms with Crippen LogP contribution >= 0.6 is 0 Å². The maximum absolute atomic E-state index is 12.2. The Morgan fingerprint density at radius 1 is 1.30 bits per heavy atom. The second-order valence-corrected chi connectivity index (χ2v) is 4.78. The number of rotatable bonds is 5. The Kier molecular flexibility index (Phi) is 4.40. The fraction of sp³-hybridized carbons (Fsp3) is 0.333. The topological polar surface area (TPSA) is 56.1 Å². The molecule has 2 aromatic rings. The van der Waals surface area contributed by atoms with E-state index >= 15 is 0 Å². The third-order valence-electron chi connectivity index (χ3n) is 3.04. The van der Waals surface area contributed by atoms with E-state index in [2.05, 4.69) is 10.3 Å². The van der Waals surface area contributed by atoms with Gasteiger partial charge in [0.1, 0.15) is 5.75 Å². The summed E-state index contributed by atoms with van der Waals surface area (Å²) >= 11 is 0. The van der Waals surface area contributed by atoms with Crippen LogP contribution in [0.15, 0.2) is 41.5 Å². The van der Waals surface area contributed by atoms with Gasteiger partial charge in [-0.2, -0.15) is 0 Å². The molecule has 1 aromatic heterocycles. The molecule has 0 atom stereocenters. The molecule has 0 saturated carbocycles. The minimum atomic E-state index is -0.101. The van der Waals surface area contributed by atoms with Gasteiger partial charge in [0.2, 0.25) is 0 Å². The minimum Gasteiger partial charge on any atom is -0.497 e. The van der Waals surface area contributed by atoms with Crippen LogP contribution < -0.4 is 15.6 Å². The van der Waals surface area contributed by atoms with Crippen molar-refractivity contribution in [2.45, 2.75) is 26.4 Å². The van der Waals surface area contributed by atoms with Crippen LogP contribution in [0.2, 0.25) is 0 Å². The largest absolute Gasteiger partial charge is 0.497 e. The maximum atomic E-state index is 12.2. The summed E-state index contributed by atoms with van der Waals surface area (Å²) in [5.74, 6) is 1.19. The van der Waals surface area contributed by atoms with Crippen molar-refractivity contribution in [2.75, 3.05) is 12.4 Å². The maximum Gasteiger partial charge on any atom is 0.293 e. The van der Waals surface area contributed by atoms with E-state index in [9.17, 15) is 4.79 Å². The van der Waals surface area contributed by atoms with Crippen LogP contribution in [-0.2, 0) is 6.54 Å². The number of hydrogen-bond acceptors (Lipinski definition) is 4. The lowest BCUT2D eigenvalue weighted by Gasteiger charge is -2.11. The van der Waals surface area contributed by atoms with Gasteiger partial charge in [-0.3, -0.25) is 4.79 Å². The molecule has 0 aliphatic heterocycles. The second kappa shape index (κ2) is 6.23. The van der Waals surface area contributed by atoms with Gasteiger partial charge in [-0.05, 0) is 31.5 Å². The number of anilines is 1. The van der Waals surface area contributed by atoms with Crippen LogP contribution in [0.5, 0.6) is 5.75 Å². The Labute approximate surface area is 118 Å². The minimum absolute atomic E-state index is 0.101. The molecule has 0 aliphatic rings. The number of aromatic nitrogens is 2. The number of nitrogens with one attached hydrogen (secondary N) is 1. The average molecular weight is 273 g/mol. The molecule has 1 aromatic carbocycles. The molecular formula is C15H19N3O2. The van der Waals surface area contributed by atoms with Gasteiger partial charge in [0, 0.05) is 25.0 Å². The SMILES string of the molecule is COc1ccc(CNc2nccn(C(C)C)c2=O)cc1. The highest BCUT2D eigenvalue weighted by molar-refractivity contribution is 5.34. The van der Waals surface area contributed by atoms with Crippen LogP contribution in [0.4, 0.5) is 5.82 Å². The van der Waals surface area contributed by atoms with Crippen molar-refractivity contribution in [1.82, 2.24) is 9.55 Å². The lowest BCUT2D eigenvalue weighted by atomic mass is 10.2. The molecule has 0 radical (unpaired) electrons.